The second-order valence-corrected chi connectivity index (χ2v) is 9.24. The molecule has 1 saturated carbocycles. The van der Waals surface area contributed by atoms with Gasteiger partial charge in [-0.25, -0.2) is 0 Å². The van der Waals surface area contributed by atoms with E-state index in [0.29, 0.717) is 17.6 Å². The molecule has 24 heavy (non-hydrogen) atoms. The molecule has 3 aliphatic carbocycles. The van der Waals surface area contributed by atoms with Crippen molar-refractivity contribution in [1.29, 1.82) is 0 Å². The topological polar surface area (TPSA) is 20.2 Å². The van der Waals surface area contributed by atoms with Crippen LogP contribution in [0.2, 0.25) is 0 Å². The van der Waals surface area contributed by atoms with Crippen LogP contribution in [-0.2, 0) is 12.8 Å². The molecule has 0 aromatic heterocycles. The number of benzene rings is 1. The summed E-state index contributed by atoms with van der Waals surface area (Å²) in [7, 11) is 0. The second-order valence-electron chi connectivity index (χ2n) is 7.53. The van der Waals surface area contributed by atoms with E-state index in [1.54, 1.807) is 0 Å². The Balaban J connectivity index is 1.95. The summed E-state index contributed by atoms with van der Waals surface area (Å²) in [6.07, 6.45) is 12.1. The quantitative estimate of drug-likeness (QED) is 0.487. The molecule has 0 bridgehead atoms. The molecule has 128 valence electrons. The Hall–Kier alpha value is -0.540. The molecule has 0 heterocycles. The van der Waals surface area contributed by atoms with Crippen molar-refractivity contribution < 1.29 is 5.11 Å². The molecule has 0 amide bonds. The zero-order valence-corrected chi connectivity index (χ0v) is 17.3. The molecule has 1 N–H and O–H groups in total. The minimum absolute atomic E-state index is 0.471. The van der Waals surface area contributed by atoms with Gasteiger partial charge in [-0.15, -0.1) is 0 Å². The van der Waals surface area contributed by atoms with Crippen LogP contribution in [0.5, 0.6) is 0 Å². The number of fused-ring (bicyclic) bond motifs is 2. The Labute approximate surface area is 161 Å². The molecule has 1 nitrogen and oxygen atoms in total. The van der Waals surface area contributed by atoms with E-state index in [2.05, 4.69) is 50.9 Å². The highest BCUT2D eigenvalue weighted by molar-refractivity contribution is 9.12. The summed E-state index contributed by atoms with van der Waals surface area (Å²) in [4.78, 5) is 0. The molecule has 4 rings (SSSR count). The Morgan fingerprint density at radius 1 is 1.04 bits per heavy atom. The molecular weight excluding hydrogens is 428 g/mol. The van der Waals surface area contributed by atoms with Crippen molar-refractivity contribution in [3.05, 3.63) is 49.1 Å². The molecule has 1 aromatic carbocycles. The molecule has 3 aliphatic rings. The fourth-order valence-corrected chi connectivity index (χ4v) is 5.97. The first-order valence-corrected chi connectivity index (χ1v) is 10.8. The number of rotatable bonds is 1. The van der Waals surface area contributed by atoms with Crippen LogP contribution >= 0.6 is 31.9 Å². The van der Waals surface area contributed by atoms with Crippen molar-refractivity contribution in [2.45, 2.75) is 58.3 Å². The highest BCUT2D eigenvalue weighted by Crippen LogP contribution is 2.50. The van der Waals surface area contributed by atoms with Gasteiger partial charge in [-0.2, -0.15) is 0 Å². The lowest BCUT2D eigenvalue weighted by Crippen LogP contribution is -2.25. The van der Waals surface area contributed by atoms with Crippen molar-refractivity contribution in [2.75, 3.05) is 0 Å². The van der Waals surface area contributed by atoms with Crippen molar-refractivity contribution in [3.63, 3.8) is 0 Å². The van der Waals surface area contributed by atoms with E-state index in [1.165, 1.54) is 77.2 Å². The maximum Gasteiger partial charge on any atom is 0.133 e. The number of hydrogen-bond acceptors (Lipinski definition) is 1. The highest BCUT2D eigenvalue weighted by Gasteiger charge is 2.36. The number of allylic oxidation sites excluding steroid dienone is 3. The van der Waals surface area contributed by atoms with Crippen LogP contribution < -0.4 is 0 Å². The van der Waals surface area contributed by atoms with Crippen molar-refractivity contribution in [2.24, 2.45) is 11.8 Å². The summed E-state index contributed by atoms with van der Waals surface area (Å²) in [6.45, 7) is 2.21. The lowest BCUT2D eigenvalue weighted by Gasteiger charge is -2.37. The Morgan fingerprint density at radius 2 is 1.79 bits per heavy atom. The van der Waals surface area contributed by atoms with E-state index in [1.807, 2.05) is 0 Å². The molecular formula is C21H24Br2O. The minimum Gasteiger partial charge on any atom is -0.506 e. The summed E-state index contributed by atoms with van der Waals surface area (Å²) in [5.41, 5.74) is 6.83. The van der Waals surface area contributed by atoms with Gasteiger partial charge in [0.05, 0.1) is 4.48 Å². The second kappa shape index (κ2) is 6.64. The molecule has 3 heteroatoms. The van der Waals surface area contributed by atoms with Gasteiger partial charge in [0.25, 0.3) is 0 Å². The standard InChI is InChI=1S/C21H24Br2O/c1-12-17(22)10-13-6-2-4-8-15(13)19(12)20-16-9-5-3-7-14(16)11-18(23)21(20)24/h10-11,14,16,24H,2-9H2,1H3/t14-,16-/m1/s1. The van der Waals surface area contributed by atoms with E-state index in [0.717, 1.165) is 10.9 Å². The average Bonchev–Trinajstić information content (AvgIpc) is 2.58. The SMILES string of the molecule is Cc1c(Br)cc2c(c1C1=C(O)C(Br)=C[C@H]3CCCC[C@@H]13)CCCC2. The maximum absolute atomic E-state index is 11.0. The summed E-state index contributed by atoms with van der Waals surface area (Å²) in [5.74, 6) is 1.52. The number of aliphatic hydroxyl groups is 1. The Bertz CT molecular complexity index is 745. The number of aliphatic hydroxyl groups excluding tert-OH is 1. The third-order valence-electron chi connectivity index (χ3n) is 6.15. The molecule has 0 aliphatic heterocycles. The number of halogens is 2. The van der Waals surface area contributed by atoms with E-state index in [9.17, 15) is 5.11 Å². The van der Waals surface area contributed by atoms with Crippen molar-refractivity contribution in [1.82, 2.24) is 0 Å². The van der Waals surface area contributed by atoms with Gasteiger partial charge in [0, 0.05) is 10.0 Å². The van der Waals surface area contributed by atoms with Gasteiger partial charge in [0.1, 0.15) is 5.76 Å². The maximum atomic E-state index is 11.0. The monoisotopic (exact) mass is 450 g/mol. The van der Waals surface area contributed by atoms with Crippen LogP contribution in [0.3, 0.4) is 0 Å². The minimum atomic E-state index is 0.471. The van der Waals surface area contributed by atoms with E-state index < -0.39 is 0 Å². The number of hydrogen-bond donors (Lipinski definition) is 1. The third-order valence-corrected chi connectivity index (χ3v) is 7.61. The predicted octanol–water partition coefficient (Wildman–Crippen LogP) is 7.00. The third kappa shape index (κ3) is 2.72. The van der Waals surface area contributed by atoms with E-state index in [4.69, 9.17) is 0 Å². The van der Waals surface area contributed by atoms with Crippen LogP contribution in [0.25, 0.3) is 5.57 Å². The predicted molar refractivity (Wildman–Crippen MR) is 108 cm³/mol. The summed E-state index contributed by atoms with van der Waals surface area (Å²) in [6, 6.07) is 2.32. The van der Waals surface area contributed by atoms with Crippen molar-refractivity contribution in [3.8, 4) is 0 Å². The van der Waals surface area contributed by atoms with Crippen LogP contribution in [0, 0.1) is 18.8 Å². The summed E-state index contributed by atoms with van der Waals surface area (Å²) < 4.78 is 2.08. The lowest BCUT2D eigenvalue weighted by atomic mass is 9.68. The average molecular weight is 452 g/mol. The Morgan fingerprint density at radius 3 is 2.62 bits per heavy atom. The molecule has 1 aromatic rings. The summed E-state index contributed by atoms with van der Waals surface area (Å²) in [5, 5.41) is 11.0. The van der Waals surface area contributed by atoms with Gasteiger partial charge in [-0.1, -0.05) is 34.8 Å². The first-order valence-electron chi connectivity index (χ1n) is 9.20. The van der Waals surface area contributed by atoms with Gasteiger partial charge in [-0.05, 0) is 102 Å². The summed E-state index contributed by atoms with van der Waals surface area (Å²) >= 11 is 7.42. The normalized spacial score (nSPS) is 26.7. The molecule has 0 unspecified atom stereocenters. The first-order chi connectivity index (χ1) is 11.6. The van der Waals surface area contributed by atoms with Crippen LogP contribution in [-0.4, -0.2) is 5.11 Å². The molecule has 2 atom stereocenters. The molecule has 1 fully saturated rings. The van der Waals surface area contributed by atoms with Crippen LogP contribution in [0.15, 0.2) is 26.9 Å². The molecule has 0 radical (unpaired) electrons. The molecule has 0 saturated heterocycles. The largest absolute Gasteiger partial charge is 0.506 e. The van der Waals surface area contributed by atoms with Gasteiger partial charge < -0.3 is 5.11 Å². The van der Waals surface area contributed by atoms with Gasteiger partial charge in [0.2, 0.25) is 0 Å². The smallest absolute Gasteiger partial charge is 0.133 e. The van der Waals surface area contributed by atoms with E-state index >= 15 is 0 Å². The van der Waals surface area contributed by atoms with Gasteiger partial charge in [0.15, 0.2) is 0 Å². The van der Waals surface area contributed by atoms with Crippen LogP contribution in [0.1, 0.15) is 60.8 Å². The first kappa shape index (κ1) is 16.9. The van der Waals surface area contributed by atoms with Gasteiger partial charge in [-0.3, -0.25) is 0 Å². The lowest BCUT2D eigenvalue weighted by molar-refractivity contribution is 0.325. The zero-order chi connectivity index (χ0) is 16.8. The van der Waals surface area contributed by atoms with Crippen LogP contribution in [0.4, 0.5) is 0 Å². The fraction of sp³-hybridized carbons (Fsp3) is 0.524. The molecule has 0 spiro atoms. The van der Waals surface area contributed by atoms with E-state index in [-0.39, 0.29) is 0 Å². The Kier molecular flexibility index (Phi) is 4.68. The van der Waals surface area contributed by atoms with Gasteiger partial charge >= 0.3 is 0 Å². The fourth-order valence-electron chi connectivity index (χ4n) is 4.94. The van der Waals surface area contributed by atoms with Crippen molar-refractivity contribution >= 4 is 37.4 Å². The number of aryl methyl sites for hydroxylation is 1. The zero-order valence-electron chi connectivity index (χ0n) is 14.2. The highest BCUT2D eigenvalue weighted by atomic mass is 79.9.